The summed E-state index contributed by atoms with van der Waals surface area (Å²) >= 11 is 0. The summed E-state index contributed by atoms with van der Waals surface area (Å²) in [5.41, 5.74) is 0. The molecule has 0 aromatic carbocycles. The van der Waals surface area contributed by atoms with Crippen molar-refractivity contribution in [3.05, 3.63) is 0 Å². The minimum atomic E-state index is -2.27. The second-order valence-corrected chi connectivity index (χ2v) is 7.84. The van der Waals surface area contributed by atoms with Gasteiger partial charge in [-0.3, -0.25) is 14.5 Å². The van der Waals surface area contributed by atoms with Crippen LogP contribution in [0.25, 0.3) is 0 Å². The van der Waals surface area contributed by atoms with E-state index in [1.807, 2.05) is 11.9 Å². The Morgan fingerprint density at radius 3 is 1.16 bits per heavy atom. The van der Waals surface area contributed by atoms with Crippen molar-refractivity contribution in [3.8, 4) is 0 Å². The van der Waals surface area contributed by atoms with Crippen LogP contribution in [-0.4, -0.2) is 174 Å². The fraction of sp³-hybridized carbons (Fsp3) is 0.789. The third-order valence-corrected chi connectivity index (χ3v) is 4.86. The first-order chi connectivity index (χ1) is 16.0. The van der Waals surface area contributed by atoms with Crippen molar-refractivity contribution >= 4 is 23.8 Å². The van der Waals surface area contributed by atoms with E-state index >= 15 is 0 Å². The summed E-state index contributed by atoms with van der Waals surface area (Å²) in [6.07, 6.45) is -9.81. The number of carboxylic acid groups (broad SMARTS) is 2. The topological polar surface area (TPSA) is 289 Å². The van der Waals surface area contributed by atoms with Crippen molar-refractivity contribution in [2.45, 2.75) is 56.3 Å². The molecule has 0 unspecified atom stereocenters. The van der Waals surface area contributed by atoms with E-state index in [1.165, 1.54) is 7.05 Å². The molecule has 2 amide bonds. The van der Waals surface area contributed by atoms with E-state index in [0.717, 1.165) is 0 Å². The Bertz CT molecular complexity index is 672. The summed E-state index contributed by atoms with van der Waals surface area (Å²) in [4.78, 5) is 43.4. The number of nitrogens with one attached hydrogen (secondary N) is 1. The number of aliphatic hydroxyl groups is 8. The van der Waals surface area contributed by atoms with Gasteiger partial charge in [-0.1, -0.05) is 7.43 Å². The van der Waals surface area contributed by atoms with Crippen LogP contribution < -0.4 is 5.32 Å². The summed E-state index contributed by atoms with van der Waals surface area (Å²) in [5, 5.41) is 88.0. The molecule has 3 heterocycles. The van der Waals surface area contributed by atoms with Crippen LogP contribution in [0.3, 0.4) is 0 Å². The maximum absolute atomic E-state index is 10.6. The first-order valence-corrected chi connectivity index (χ1v) is 10.1. The molecular formula is C19H37N3O14V. The number of aliphatic hydroxyl groups excluding tert-OH is 8. The van der Waals surface area contributed by atoms with Crippen LogP contribution in [0.1, 0.15) is 7.43 Å². The van der Waals surface area contributed by atoms with Crippen molar-refractivity contribution in [1.29, 1.82) is 0 Å². The van der Waals surface area contributed by atoms with E-state index in [9.17, 15) is 19.2 Å². The molecule has 0 aromatic heterocycles. The Morgan fingerprint density at radius 1 is 0.757 bits per heavy atom. The zero-order valence-electron chi connectivity index (χ0n) is 19.4. The van der Waals surface area contributed by atoms with Crippen LogP contribution in [0.4, 0.5) is 0 Å². The molecule has 0 saturated carbocycles. The summed E-state index contributed by atoms with van der Waals surface area (Å²) in [6.45, 7) is 2.25. The van der Waals surface area contributed by atoms with Crippen LogP contribution in [0.15, 0.2) is 0 Å². The molecule has 3 aliphatic heterocycles. The summed E-state index contributed by atoms with van der Waals surface area (Å²) in [7, 11) is 3.09. The van der Waals surface area contributed by atoms with Gasteiger partial charge in [-0.15, -0.1) is 0 Å². The van der Waals surface area contributed by atoms with Crippen LogP contribution in [-0.2, 0) is 37.7 Å². The minimum Gasteiger partial charge on any atom is -0.479 e. The number of carbonyl (C=O) groups is 4. The number of carboxylic acids is 2. The third kappa shape index (κ3) is 13.1. The van der Waals surface area contributed by atoms with E-state index in [-0.39, 0.29) is 26.0 Å². The van der Waals surface area contributed by atoms with Crippen molar-refractivity contribution in [1.82, 2.24) is 15.1 Å². The van der Waals surface area contributed by atoms with Crippen molar-refractivity contribution in [2.75, 3.05) is 40.3 Å². The molecule has 37 heavy (non-hydrogen) atoms. The molecule has 217 valence electrons. The maximum atomic E-state index is 10.6. The standard InChI is InChI=1S/C5H7NO4.C5H11NO2.C4H9NO2.C4H6O6.CH4.V/c1-6-4(9)2(7)3(8)5(6)10;1-6-2-4(7)5(8)3-6;6-3-1-5-2-4(3)7;5-1(3(7)8)2(6)4(9)10;;/h2-3,7-8H,1H3;4-5,7-8H,2-3H2,1H3;3-7H,1-2H2;1-2,5-6H,(H,7,8)(H,9,10);1H4;/t2-,3+;4-,5+;3-,4+;1-,2+;;. The van der Waals surface area contributed by atoms with Crippen LogP contribution in [0.5, 0.6) is 0 Å². The molecule has 17 nitrogen and oxygen atoms in total. The quantitative estimate of drug-likeness (QED) is 0.138. The fourth-order valence-corrected chi connectivity index (χ4v) is 2.65. The van der Waals surface area contributed by atoms with E-state index in [1.54, 1.807) is 0 Å². The van der Waals surface area contributed by atoms with Gasteiger partial charge < -0.3 is 61.3 Å². The number of carbonyl (C=O) groups excluding carboxylic acids is 2. The van der Waals surface area contributed by atoms with Crippen LogP contribution in [0.2, 0.25) is 0 Å². The second-order valence-electron chi connectivity index (χ2n) is 7.84. The van der Waals surface area contributed by atoms with Gasteiger partial charge in [-0.2, -0.15) is 0 Å². The first-order valence-electron chi connectivity index (χ1n) is 10.1. The predicted octanol–water partition coefficient (Wildman–Crippen LogP) is -6.82. The monoisotopic (exact) mass is 582 g/mol. The molecule has 18 heteroatoms. The van der Waals surface area contributed by atoms with Crippen LogP contribution in [0, 0.1) is 0 Å². The fourth-order valence-electron chi connectivity index (χ4n) is 2.65. The van der Waals surface area contributed by atoms with Gasteiger partial charge in [0.1, 0.15) is 0 Å². The number of β-amino-alcohol motifs (C(OH)–C–C–N with tert-alkyl or cyclic N) is 4. The van der Waals surface area contributed by atoms with Crippen molar-refractivity contribution in [2.24, 2.45) is 0 Å². The predicted molar refractivity (Wildman–Crippen MR) is 118 cm³/mol. The van der Waals surface area contributed by atoms with Gasteiger partial charge in [0.2, 0.25) is 0 Å². The zero-order valence-corrected chi connectivity index (χ0v) is 20.8. The first kappa shape index (κ1) is 39.8. The van der Waals surface area contributed by atoms with Crippen molar-refractivity contribution < 1.29 is 88.8 Å². The molecule has 3 aliphatic rings. The number of nitrogens with zero attached hydrogens (tertiary/aromatic N) is 2. The number of imide groups is 1. The normalized spacial score (nSPS) is 30.2. The van der Waals surface area contributed by atoms with E-state index in [4.69, 9.17) is 51.1 Å². The minimum absolute atomic E-state index is 0. The smallest absolute Gasteiger partial charge is 0.335 e. The molecule has 11 N–H and O–H groups in total. The Kier molecular flexibility index (Phi) is 19.9. The molecule has 3 saturated heterocycles. The van der Waals surface area contributed by atoms with Gasteiger partial charge >= 0.3 is 11.9 Å². The summed E-state index contributed by atoms with van der Waals surface area (Å²) in [5.74, 6) is -5.04. The van der Waals surface area contributed by atoms with Gasteiger partial charge in [-0.05, 0) is 7.05 Å². The second kappa shape index (κ2) is 18.5. The average molecular weight is 582 g/mol. The largest absolute Gasteiger partial charge is 0.479 e. The number of rotatable bonds is 3. The summed E-state index contributed by atoms with van der Waals surface area (Å²) in [6, 6.07) is 0. The van der Waals surface area contributed by atoms with Gasteiger partial charge in [0.05, 0.1) is 24.4 Å². The molecule has 0 aromatic rings. The molecule has 3 fully saturated rings. The number of hydrogen-bond acceptors (Lipinski definition) is 14. The molecular weight excluding hydrogens is 545 g/mol. The Morgan fingerprint density at radius 2 is 1.05 bits per heavy atom. The van der Waals surface area contributed by atoms with Crippen molar-refractivity contribution in [3.63, 3.8) is 0 Å². The number of likely N-dealkylation sites (tertiary alicyclic amines) is 2. The third-order valence-electron chi connectivity index (χ3n) is 4.86. The molecule has 0 spiro atoms. The molecule has 0 aliphatic carbocycles. The van der Waals surface area contributed by atoms with Crippen LogP contribution >= 0.6 is 0 Å². The van der Waals surface area contributed by atoms with Gasteiger partial charge in [0.15, 0.2) is 24.4 Å². The average Bonchev–Trinajstić information content (AvgIpc) is 3.36. The summed E-state index contributed by atoms with van der Waals surface area (Å²) < 4.78 is 0. The Labute approximate surface area is 224 Å². The molecule has 0 bridgehead atoms. The van der Waals surface area contributed by atoms with E-state index in [2.05, 4.69) is 5.32 Å². The molecule has 3 rings (SSSR count). The van der Waals surface area contributed by atoms with E-state index < -0.39 is 72.6 Å². The SMILES string of the molecule is C.CN1C(=O)[C@@H](O)[C@@H](O)C1=O.CN1C[C@@H](O)[C@@H](O)C1.O=C(O)[C@@H](O)[C@@H](O)C(=O)O.O[C@@H]1CNC[C@@H]1O.[V]. The van der Waals surface area contributed by atoms with E-state index in [0.29, 0.717) is 31.1 Å². The number of amides is 2. The molecule has 1 radical (unpaired) electrons. The Hall–Kier alpha value is -1.74. The Balaban J connectivity index is -0.000000412. The van der Waals surface area contributed by atoms with Gasteiger partial charge in [0.25, 0.3) is 11.8 Å². The number of likely N-dealkylation sites (N-methyl/N-ethyl adjacent to an activating group) is 2. The molecule has 8 atom stereocenters. The number of hydrogen-bond donors (Lipinski definition) is 11. The van der Waals surface area contributed by atoms with Gasteiger partial charge in [0, 0.05) is 51.8 Å². The zero-order chi connectivity index (χ0) is 27.6. The maximum Gasteiger partial charge on any atom is 0.335 e. The van der Waals surface area contributed by atoms with Gasteiger partial charge in [-0.25, -0.2) is 9.59 Å². The number of aliphatic carboxylic acids is 2.